The highest BCUT2D eigenvalue weighted by Crippen LogP contribution is 2.55. The fraction of sp³-hybridized carbons (Fsp3) is 0.643. The van der Waals surface area contributed by atoms with Gasteiger partial charge in [-0.05, 0) is 125 Å². The van der Waals surface area contributed by atoms with Crippen LogP contribution in [0.15, 0.2) is 48.5 Å². The van der Waals surface area contributed by atoms with E-state index in [0.29, 0.717) is 74.7 Å². The van der Waals surface area contributed by atoms with Gasteiger partial charge in [-0.2, -0.15) is 0 Å². The first-order chi connectivity index (χ1) is 35.9. The number of thiocarbonyl (C=S) groups is 2. The predicted octanol–water partition coefficient (Wildman–Crippen LogP) is 4.46. The van der Waals surface area contributed by atoms with Crippen molar-refractivity contribution in [3.8, 4) is 0 Å². The Morgan fingerprint density at radius 1 is 0.579 bits per heavy atom. The Morgan fingerprint density at radius 2 is 0.934 bits per heavy atom. The third-order valence-corrected chi connectivity index (χ3v) is 21.4. The highest BCUT2D eigenvalue weighted by Gasteiger charge is 2.62. The van der Waals surface area contributed by atoms with Gasteiger partial charge < -0.3 is 51.5 Å². The Labute approximate surface area is 468 Å². The minimum absolute atomic E-state index is 0.0939. The van der Waals surface area contributed by atoms with E-state index >= 15 is 9.59 Å². The summed E-state index contributed by atoms with van der Waals surface area (Å²) < 4.78 is 0. The Balaban J connectivity index is 0.893. The summed E-state index contributed by atoms with van der Waals surface area (Å²) in [5.74, 6) is -0.802. The van der Waals surface area contributed by atoms with Crippen LogP contribution >= 0.6 is 48.0 Å². The van der Waals surface area contributed by atoms with E-state index in [2.05, 4.69) is 45.7 Å². The van der Waals surface area contributed by atoms with Crippen LogP contribution in [0.3, 0.4) is 0 Å². The minimum atomic E-state index is -0.796. The smallest absolute Gasteiger partial charge is 0.246 e. The standard InChI is InChI=1S/C56H78N10O6S4/c1-31(57-9)47(73)59-39-19-25-75-55(7)29-53(3,4)43(65(55)51(39)71)45(67)61-41-35-17-13-11-15-33(35)27-37(41)49(69)63-21-23-64(24-22-63)50(70)38-28-34-16-12-14-18-36(34)42(38)62-46(68)44-54(5,6)30-56(8)66(44)52(72)40(20-26-76-56)60-48(74)32(2)58-10/h11-18,31-32,37-44,57-58H,19-30H2,1-10H3,(H,59,73)(H,60,74)(H,61,67)(H,62,68)/t31-,32-,37+,38+,39-,40-,41-,42-,43+,44+,55-,56-/m0/s1. The number of rotatable bonds is 12. The number of hydrogen-bond acceptors (Lipinski definition) is 12. The molecule has 2 aliphatic carbocycles. The number of likely N-dealkylation sites (N-methyl/N-ethyl adjacent to an activating group) is 2. The van der Waals surface area contributed by atoms with Crippen molar-refractivity contribution in [3.05, 3.63) is 70.8 Å². The van der Waals surface area contributed by atoms with Gasteiger partial charge in [-0.1, -0.05) is 101 Å². The second kappa shape index (κ2) is 21.7. The van der Waals surface area contributed by atoms with Crippen LogP contribution in [0.2, 0.25) is 0 Å². The summed E-state index contributed by atoms with van der Waals surface area (Å²) in [5.41, 5.74) is 2.61. The van der Waals surface area contributed by atoms with Gasteiger partial charge in [-0.25, -0.2) is 0 Å². The van der Waals surface area contributed by atoms with Crippen LogP contribution in [0, 0.1) is 22.7 Å². The summed E-state index contributed by atoms with van der Waals surface area (Å²) in [4.78, 5) is 96.3. The van der Waals surface area contributed by atoms with Crippen LogP contribution in [0.25, 0.3) is 0 Å². The number of hydrogen-bond donors (Lipinski definition) is 6. The van der Waals surface area contributed by atoms with Crippen LogP contribution in [0.4, 0.5) is 0 Å². The van der Waals surface area contributed by atoms with Crippen molar-refractivity contribution in [2.24, 2.45) is 22.7 Å². The maximum absolute atomic E-state index is 15.0. The topological polar surface area (TPSA) is 188 Å². The van der Waals surface area contributed by atoms with Crippen molar-refractivity contribution in [1.82, 2.24) is 51.5 Å². The molecular weight excluding hydrogens is 1040 g/mol. The second-order valence-electron chi connectivity index (χ2n) is 24.0. The van der Waals surface area contributed by atoms with Gasteiger partial charge in [0.25, 0.3) is 0 Å². The molecule has 0 bridgehead atoms. The molecule has 12 atom stereocenters. The Hall–Kier alpha value is -4.34. The van der Waals surface area contributed by atoms with E-state index < -0.39 is 68.7 Å². The first-order valence-corrected chi connectivity index (χ1v) is 30.0. The molecular formula is C56H78N10O6S4. The molecule has 6 amide bonds. The van der Waals surface area contributed by atoms with Gasteiger partial charge >= 0.3 is 0 Å². The summed E-state index contributed by atoms with van der Waals surface area (Å²) >= 11 is 14.8. The number of thioether (sulfide) groups is 2. The number of amides is 6. The average Bonchev–Trinajstić information content (AvgIpc) is 4.04. The van der Waals surface area contributed by atoms with Crippen LogP contribution in [-0.2, 0) is 41.6 Å². The second-order valence-corrected chi connectivity index (χ2v) is 28.0. The summed E-state index contributed by atoms with van der Waals surface area (Å²) in [6.45, 7) is 17.4. The van der Waals surface area contributed by atoms with E-state index in [0.717, 1.165) is 33.8 Å². The van der Waals surface area contributed by atoms with Gasteiger partial charge in [-0.15, -0.1) is 23.5 Å². The fourth-order valence-electron chi connectivity index (χ4n) is 13.8. The molecule has 5 heterocycles. The lowest BCUT2D eigenvalue weighted by molar-refractivity contribution is -0.147. The maximum Gasteiger partial charge on any atom is 0.246 e. The van der Waals surface area contributed by atoms with E-state index in [1.54, 1.807) is 33.3 Å². The summed E-state index contributed by atoms with van der Waals surface area (Å²) in [6, 6.07) is 11.5. The van der Waals surface area contributed by atoms with Gasteiger partial charge in [0.2, 0.25) is 35.4 Å². The molecule has 6 N–H and O–H groups in total. The van der Waals surface area contributed by atoms with E-state index in [-0.39, 0.29) is 47.5 Å². The highest BCUT2D eigenvalue weighted by molar-refractivity contribution is 8.00. The van der Waals surface area contributed by atoms with Gasteiger partial charge in [-0.3, -0.25) is 28.8 Å². The number of nitrogens with one attached hydrogen (secondary N) is 6. The van der Waals surface area contributed by atoms with Gasteiger partial charge in [0.1, 0.15) is 24.2 Å². The van der Waals surface area contributed by atoms with E-state index in [1.165, 1.54) is 0 Å². The molecule has 20 heteroatoms. The van der Waals surface area contributed by atoms with Gasteiger partial charge in [0.05, 0.1) is 55.7 Å². The summed E-state index contributed by atoms with van der Waals surface area (Å²) in [5, 5.41) is 19.6. The van der Waals surface area contributed by atoms with Crippen molar-refractivity contribution in [3.63, 3.8) is 0 Å². The Bertz CT molecular complexity index is 2490. The number of carbonyl (C=O) groups is 6. The van der Waals surface area contributed by atoms with E-state index in [9.17, 15) is 19.2 Å². The molecule has 0 radical (unpaired) electrons. The molecule has 0 saturated carbocycles. The molecule has 0 spiro atoms. The van der Waals surface area contributed by atoms with Gasteiger partial charge in [0.15, 0.2) is 0 Å². The molecule has 5 fully saturated rings. The normalized spacial score (nSPS) is 32.2. The maximum atomic E-state index is 15.0. The lowest BCUT2D eigenvalue weighted by Crippen LogP contribution is -2.60. The van der Waals surface area contributed by atoms with E-state index in [4.69, 9.17) is 24.4 Å². The van der Waals surface area contributed by atoms with Crippen molar-refractivity contribution < 1.29 is 28.8 Å². The molecule has 2 aromatic carbocycles. The summed E-state index contributed by atoms with van der Waals surface area (Å²) in [7, 11) is 3.65. The van der Waals surface area contributed by atoms with Crippen LogP contribution < -0.4 is 31.9 Å². The first kappa shape index (κ1) is 56.4. The van der Waals surface area contributed by atoms with Crippen molar-refractivity contribution >= 4 is 93.4 Å². The molecule has 0 unspecified atom stereocenters. The van der Waals surface area contributed by atoms with Crippen LogP contribution in [-0.4, -0.2) is 163 Å². The quantitative estimate of drug-likeness (QED) is 0.164. The minimum Gasteiger partial charge on any atom is -0.367 e. The first-order valence-electron chi connectivity index (χ1n) is 27.2. The molecule has 16 nitrogen and oxygen atoms in total. The zero-order chi connectivity index (χ0) is 54.8. The number of nitrogens with zero attached hydrogens (tertiary/aromatic N) is 4. The molecule has 5 saturated heterocycles. The van der Waals surface area contributed by atoms with Crippen molar-refractivity contribution in [2.75, 3.05) is 51.8 Å². The average molecular weight is 1120 g/mol. The fourth-order valence-corrected chi connectivity index (χ4v) is 17.5. The SMILES string of the molecule is CN[C@@H](C)C(=S)N[C@H]1CCS[C@@]2(C)CC(C)(C)[C@@H](C(=O)N[C@H]3c4ccccc4C[C@H]3C(=O)N3CCN(C(=O)[C@@H]4Cc5ccccc5[C@@H]4NC(=O)[C@H]4N5C(=O)[C@@H](NC(=S)[C@H](C)NC)CCS[C@@]5(C)CC4(C)C)CC3)N2C1=O. The molecule has 412 valence electrons. The number of carbonyl (C=O) groups excluding carboxylic acids is 6. The molecule has 2 aromatic rings. The number of piperazine rings is 1. The largest absolute Gasteiger partial charge is 0.367 e. The predicted molar refractivity (Wildman–Crippen MR) is 307 cm³/mol. The third kappa shape index (κ3) is 10.4. The lowest BCUT2D eigenvalue weighted by Gasteiger charge is -2.40. The zero-order valence-corrected chi connectivity index (χ0v) is 49.0. The highest BCUT2D eigenvalue weighted by atomic mass is 32.2. The number of benzene rings is 2. The van der Waals surface area contributed by atoms with Crippen molar-refractivity contribution in [1.29, 1.82) is 0 Å². The molecule has 7 aliphatic rings. The molecule has 0 aromatic heterocycles. The third-order valence-electron chi connectivity index (χ3n) is 17.7. The summed E-state index contributed by atoms with van der Waals surface area (Å²) in [6.07, 6.45) is 3.27. The van der Waals surface area contributed by atoms with Crippen LogP contribution in [0.5, 0.6) is 0 Å². The zero-order valence-electron chi connectivity index (χ0n) is 45.7. The Morgan fingerprint density at radius 3 is 1.29 bits per heavy atom. The molecule has 5 aliphatic heterocycles. The van der Waals surface area contributed by atoms with Crippen molar-refractivity contribution in [2.45, 2.75) is 152 Å². The lowest BCUT2D eigenvalue weighted by atomic mass is 9.82. The Kier molecular flexibility index (Phi) is 16.1. The molecule has 76 heavy (non-hydrogen) atoms. The van der Waals surface area contributed by atoms with E-state index in [1.807, 2.05) is 114 Å². The number of fused-ring (bicyclic) bond motifs is 4. The molecule has 9 rings (SSSR count). The monoisotopic (exact) mass is 1110 g/mol. The van der Waals surface area contributed by atoms with Gasteiger partial charge in [0, 0.05) is 26.2 Å². The van der Waals surface area contributed by atoms with Crippen LogP contribution in [0.1, 0.15) is 115 Å².